The summed E-state index contributed by atoms with van der Waals surface area (Å²) in [6, 6.07) is 0. The normalized spacial score (nSPS) is 12.5. The summed E-state index contributed by atoms with van der Waals surface area (Å²) in [7, 11) is 0. The van der Waals surface area contributed by atoms with Crippen LogP contribution in [0.25, 0.3) is 0 Å². The first-order valence-electron chi connectivity index (χ1n) is 5.02. The van der Waals surface area contributed by atoms with Gasteiger partial charge < -0.3 is 5.11 Å². The maximum Gasteiger partial charge on any atom is 0.0718 e. The van der Waals surface area contributed by atoms with Crippen LogP contribution in [0.2, 0.25) is 0 Å². The Hall–Kier alpha value is 0.270. The number of likely N-dealkylation sites (N-methyl/N-ethyl adjacent to an activating group) is 1. The molecule has 0 amide bonds. The van der Waals surface area contributed by atoms with Gasteiger partial charge in [-0.15, -0.1) is 0 Å². The summed E-state index contributed by atoms with van der Waals surface area (Å²) in [6.07, 6.45) is 0. The molecule has 0 radical (unpaired) electrons. The van der Waals surface area contributed by atoms with E-state index in [1.807, 2.05) is 25.6 Å². The van der Waals surface area contributed by atoms with Crippen molar-refractivity contribution in [3.8, 4) is 0 Å². The average Bonchev–Trinajstić information content (AvgIpc) is 2.01. The molecule has 80 valence electrons. The van der Waals surface area contributed by atoms with Crippen molar-refractivity contribution in [1.82, 2.24) is 4.90 Å². The molecule has 0 aromatic carbocycles. The summed E-state index contributed by atoms with van der Waals surface area (Å²) >= 11 is 1.95. The second-order valence-electron chi connectivity index (χ2n) is 3.88. The highest BCUT2D eigenvalue weighted by Gasteiger charge is 2.16. The standard InChI is InChI=1S/C10H23NOS/c1-5-11(7-8-13-6-2)9-10(3,4)12/h12H,5-9H2,1-4H3. The number of rotatable bonds is 7. The van der Waals surface area contributed by atoms with Crippen LogP contribution in [0.3, 0.4) is 0 Å². The molecule has 0 aliphatic rings. The molecule has 1 N–H and O–H groups in total. The molecule has 0 saturated carbocycles. The molecule has 0 unspecified atom stereocenters. The smallest absolute Gasteiger partial charge is 0.0718 e. The topological polar surface area (TPSA) is 23.5 Å². The fourth-order valence-corrected chi connectivity index (χ4v) is 1.91. The highest BCUT2D eigenvalue weighted by molar-refractivity contribution is 7.99. The zero-order chi connectivity index (χ0) is 10.3. The largest absolute Gasteiger partial charge is 0.389 e. The molecular weight excluding hydrogens is 182 g/mol. The van der Waals surface area contributed by atoms with E-state index in [0.717, 1.165) is 19.6 Å². The van der Waals surface area contributed by atoms with Gasteiger partial charge in [0.15, 0.2) is 0 Å². The zero-order valence-corrected chi connectivity index (χ0v) is 10.2. The molecule has 0 saturated heterocycles. The average molecular weight is 205 g/mol. The lowest BCUT2D eigenvalue weighted by molar-refractivity contribution is 0.0400. The summed E-state index contributed by atoms with van der Waals surface area (Å²) in [5, 5.41) is 9.63. The summed E-state index contributed by atoms with van der Waals surface area (Å²) in [5.74, 6) is 2.35. The second kappa shape index (κ2) is 6.68. The van der Waals surface area contributed by atoms with Gasteiger partial charge in [-0.05, 0) is 26.1 Å². The fraction of sp³-hybridized carbons (Fsp3) is 1.00. The molecule has 3 heteroatoms. The van der Waals surface area contributed by atoms with Crippen LogP contribution in [0.15, 0.2) is 0 Å². The van der Waals surface area contributed by atoms with Gasteiger partial charge in [-0.2, -0.15) is 11.8 Å². The van der Waals surface area contributed by atoms with Gasteiger partial charge in [-0.3, -0.25) is 4.90 Å². The van der Waals surface area contributed by atoms with Crippen LogP contribution in [0.4, 0.5) is 0 Å². The van der Waals surface area contributed by atoms with Crippen molar-refractivity contribution in [3.05, 3.63) is 0 Å². The number of hydrogen-bond acceptors (Lipinski definition) is 3. The Kier molecular flexibility index (Phi) is 6.82. The predicted octanol–water partition coefficient (Wildman–Crippen LogP) is 1.83. The summed E-state index contributed by atoms with van der Waals surface area (Å²) in [4.78, 5) is 2.29. The van der Waals surface area contributed by atoms with Gasteiger partial charge in [0.05, 0.1) is 5.60 Å². The molecule has 0 atom stereocenters. The van der Waals surface area contributed by atoms with Crippen LogP contribution in [0.5, 0.6) is 0 Å². The zero-order valence-electron chi connectivity index (χ0n) is 9.34. The van der Waals surface area contributed by atoms with Crippen LogP contribution >= 0.6 is 11.8 Å². The van der Waals surface area contributed by atoms with Crippen molar-refractivity contribution in [2.45, 2.75) is 33.3 Å². The van der Waals surface area contributed by atoms with Crippen molar-refractivity contribution in [3.63, 3.8) is 0 Å². The third kappa shape index (κ3) is 8.60. The number of nitrogens with zero attached hydrogens (tertiary/aromatic N) is 1. The van der Waals surface area contributed by atoms with E-state index in [1.54, 1.807) is 0 Å². The fourth-order valence-electron chi connectivity index (χ4n) is 1.23. The van der Waals surface area contributed by atoms with Crippen LogP contribution in [0.1, 0.15) is 27.7 Å². The van der Waals surface area contributed by atoms with Crippen LogP contribution in [-0.2, 0) is 0 Å². The Morgan fingerprint density at radius 1 is 1.31 bits per heavy atom. The van der Waals surface area contributed by atoms with Crippen molar-refractivity contribution in [2.75, 3.05) is 31.1 Å². The van der Waals surface area contributed by atoms with Crippen molar-refractivity contribution >= 4 is 11.8 Å². The lowest BCUT2D eigenvalue weighted by Gasteiger charge is -2.27. The van der Waals surface area contributed by atoms with Gasteiger partial charge in [0.2, 0.25) is 0 Å². The first-order chi connectivity index (χ1) is 5.99. The quantitative estimate of drug-likeness (QED) is 0.642. The minimum Gasteiger partial charge on any atom is -0.389 e. The molecule has 13 heavy (non-hydrogen) atoms. The Balaban J connectivity index is 3.63. The lowest BCUT2D eigenvalue weighted by Crippen LogP contribution is -2.39. The number of hydrogen-bond donors (Lipinski definition) is 1. The van der Waals surface area contributed by atoms with E-state index in [1.165, 1.54) is 11.5 Å². The van der Waals surface area contributed by atoms with E-state index in [0.29, 0.717) is 0 Å². The Bertz CT molecular complexity index is 123. The van der Waals surface area contributed by atoms with Crippen LogP contribution in [-0.4, -0.2) is 46.7 Å². The number of thioether (sulfide) groups is 1. The van der Waals surface area contributed by atoms with E-state index in [4.69, 9.17) is 0 Å². The molecule has 0 fully saturated rings. The van der Waals surface area contributed by atoms with Gasteiger partial charge in [0, 0.05) is 18.8 Å². The molecular formula is C10H23NOS. The van der Waals surface area contributed by atoms with Crippen molar-refractivity contribution in [2.24, 2.45) is 0 Å². The minimum absolute atomic E-state index is 0.563. The van der Waals surface area contributed by atoms with E-state index in [-0.39, 0.29) is 0 Å². The summed E-state index contributed by atoms with van der Waals surface area (Å²) in [6.45, 7) is 10.9. The maximum absolute atomic E-state index is 9.63. The Labute approximate surface area is 86.7 Å². The summed E-state index contributed by atoms with van der Waals surface area (Å²) < 4.78 is 0. The molecule has 0 bridgehead atoms. The van der Waals surface area contributed by atoms with E-state index in [9.17, 15) is 5.11 Å². The van der Waals surface area contributed by atoms with E-state index in [2.05, 4.69) is 18.7 Å². The SMILES string of the molecule is CCSCCN(CC)CC(C)(C)O. The molecule has 0 aromatic rings. The van der Waals surface area contributed by atoms with E-state index >= 15 is 0 Å². The van der Waals surface area contributed by atoms with Crippen molar-refractivity contribution < 1.29 is 5.11 Å². The third-order valence-corrected chi connectivity index (χ3v) is 2.69. The van der Waals surface area contributed by atoms with Gasteiger partial charge in [0.1, 0.15) is 0 Å². The Morgan fingerprint density at radius 2 is 1.92 bits per heavy atom. The van der Waals surface area contributed by atoms with Crippen LogP contribution in [0, 0.1) is 0 Å². The monoisotopic (exact) mass is 205 g/mol. The first kappa shape index (κ1) is 13.3. The molecule has 2 nitrogen and oxygen atoms in total. The van der Waals surface area contributed by atoms with Crippen LogP contribution < -0.4 is 0 Å². The van der Waals surface area contributed by atoms with Crippen molar-refractivity contribution in [1.29, 1.82) is 0 Å². The van der Waals surface area contributed by atoms with E-state index < -0.39 is 5.60 Å². The Morgan fingerprint density at radius 3 is 2.31 bits per heavy atom. The van der Waals surface area contributed by atoms with Gasteiger partial charge >= 0.3 is 0 Å². The first-order valence-corrected chi connectivity index (χ1v) is 6.17. The third-order valence-electron chi connectivity index (χ3n) is 1.81. The number of aliphatic hydroxyl groups is 1. The lowest BCUT2D eigenvalue weighted by atomic mass is 10.1. The molecule has 0 spiro atoms. The molecule has 0 aromatic heterocycles. The maximum atomic E-state index is 9.63. The molecule has 0 aliphatic carbocycles. The highest BCUT2D eigenvalue weighted by Crippen LogP contribution is 2.06. The van der Waals surface area contributed by atoms with Gasteiger partial charge in [-0.1, -0.05) is 13.8 Å². The second-order valence-corrected chi connectivity index (χ2v) is 5.27. The van der Waals surface area contributed by atoms with Gasteiger partial charge in [0.25, 0.3) is 0 Å². The predicted molar refractivity (Wildman–Crippen MR) is 61.4 cm³/mol. The molecule has 0 heterocycles. The summed E-state index contributed by atoms with van der Waals surface area (Å²) in [5.41, 5.74) is -0.563. The minimum atomic E-state index is -0.563. The van der Waals surface area contributed by atoms with Gasteiger partial charge in [-0.25, -0.2) is 0 Å². The highest BCUT2D eigenvalue weighted by atomic mass is 32.2. The molecule has 0 rings (SSSR count). The molecule has 0 aliphatic heterocycles.